The van der Waals surface area contributed by atoms with Crippen LogP contribution in [0.2, 0.25) is 0 Å². The normalized spacial score (nSPS) is 14.9. The van der Waals surface area contributed by atoms with Gasteiger partial charge in [-0.05, 0) is 74.6 Å². The fraction of sp³-hybridized carbons (Fsp3) is 0.250. The van der Waals surface area contributed by atoms with Gasteiger partial charge in [-0.2, -0.15) is 0 Å². The van der Waals surface area contributed by atoms with E-state index in [1.807, 2.05) is 19.1 Å². The molecular formula is C28H28N4O5S. The van der Waals surface area contributed by atoms with E-state index in [0.29, 0.717) is 35.0 Å². The highest BCUT2D eigenvalue weighted by Crippen LogP contribution is 2.30. The molecule has 3 aromatic rings. The van der Waals surface area contributed by atoms with Gasteiger partial charge in [-0.3, -0.25) is 19.5 Å². The third-order valence-corrected chi connectivity index (χ3v) is 6.24. The lowest BCUT2D eigenvalue weighted by molar-refractivity contribution is -0.124. The first kappa shape index (κ1) is 26.7. The Kier molecular flexibility index (Phi) is 8.65. The number of hydrogen-bond acceptors (Lipinski definition) is 7. The number of amides is 2. The predicted octanol–water partition coefficient (Wildman–Crippen LogP) is 4.19. The molecule has 0 bridgehead atoms. The number of anilines is 2. The van der Waals surface area contributed by atoms with Crippen LogP contribution < -0.4 is 15.0 Å². The molecule has 1 aliphatic rings. The van der Waals surface area contributed by atoms with E-state index in [1.54, 1.807) is 72.6 Å². The molecule has 2 aromatic carbocycles. The number of ether oxygens (including phenoxy) is 2. The van der Waals surface area contributed by atoms with Crippen LogP contribution in [0.15, 0.2) is 72.9 Å². The maximum Gasteiger partial charge on any atom is 0.338 e. The van der Waals surface area contributed by atoms with Gasteiger partial charge in [0, 0.05) is 18.0 Å². The van der Waals surface area contributed by atoms with Crippen molar-refractivity contribution in [2.45, 2.75) is 32.9 Å². The van der Waals surface area contributed by atoms with Crippen molar-refractivity contribution in [1.29, 1.82) is 0 Å². The van der Waals surface area contributed by atoms with Crippen LogP contribution in [0.3, 0.4) is 0 Å². The molecule has 0 radical (unpaired) electrons. The van der Waals surface area contributed by atoms with Crippen LogP contribution in [0, 0.1) is 0 Å². The summed E-state index contributed by atoms with van der Waals surface area (Å²) in [7, 11) is 0. The lowest BCUT2D eigenvalue weighted by atomic mass is 10.1. The van der Waals surface area contributed by atoms with Crippen molar-refractivity contribution in [2.24, 2.45) is 0 Å². The van der Waals surface area contributed by atoms with Gasteiger partial charge in [0.2, 0.25) is 5.91 Å². The average Bonchev–Trinajstić information content (AvgIpc) is 3.14. The van der Waals surface area contributed by atoms with Gasteiger partial charge in [-0.25, -0.2) is 4.79 Å². The molecule has 0 spiro atoms. The van der Waals surface area contributed by atoms with Crippen molar-refractivity contribution in [3.8, 4) is 5.75 Å². The minimum atomic E-state index is -0.834. The first-order valence-corrected chi connectivity index (χ1v) is 12.7. The van der Waals surface area contributed by atoms with Gasteiger partial charge in [0.15, 0.2) is 5.11 Å². The van der Waals surface area contributed by atoms with Gasteiger partial charge < -0.3 is 19.7 Å². The maximum absolute atomic E-state index is 13.7. The van der Waals surface area contributed by atoms with E-state index in [9.17, 15) is 14.4 Å². The molecule has 1 N–H and O–H groups in total. The van der Waals surface area contributed by atoms with E-state index in [4.69, 9.17) is 21.7 Å². The fourth-order valence-electron chi connectivity index (χ4n) is 4.09. The molecule has 2 amide bonds. The summed E-state index contributed by atoms with van der Waals surface area (Å²) >= 11 is 5.73. The molecule has 1 fully saturated rings. The highest BCUT2D eigenvalue weighted by Gasteiger charge is 2.44. The molecule has 1 atom stereocenters. The van der Waals surface area contributed by atoms with Gasteiger partial charge in [-0.15, -0.1) is 0 Å². The van der Waals surface area contributed by atoms with E-state index in [-0.39, 0.29) is 36.5 Å². The summed E-state index contributed by atoms with van der Waals surface area (Å²) in [5.74, 6) is -0.503. The number of rotatable bonds is 10. The number of nitrogens with zero attached hydrogens (tertiary/aromatic N) is 3. The molecule has 0 unspecified atom stereocenters. The SMILES string of the molecule is CCOC(=O)c1ccc(NC(=O)C[C@H]2C(=O)N(c3cccc(OCC)c3)C(=S)N2Cc2ccccn2)cc1. The van der Waals surface area contributed by atoms with Gasteiger partial charge in [-0.1, -0.05) is 12.1 Å². The molecule has 2 heterocycles. The zero-order valence-corrected chi connectivity index (χ0v) is 21.9. The molecule has 1 aromatic heterocycles. The monoisotopic (exact) mass is 532 g/mol. The van der Waals surface area contributed by atoms with Gasteiger partial charge in [0.25, 0.3) is 5.91 Å². The number of hydrogen-bond donors (Lipinski definition) is 1. The van der Waals surface area contributed by atoms with Crippen LogP contribution in [0.5, 0.6) is 5.75 Å². The lowest BCUT2D eigenvalue weighted by Gasteiger charge is -2.23. The summed E-state index contributed by atoms with van der Waals surface area (Å²) in [6.07, 6.45) is 1.54. The molecule has 0 saturated carbocycles. The number of aromatic nitrogens is 1. The quantitative estimate of drug-likeness (QED) is 0.307. The Morgan fingerprint density at radius 3 is 2.50 bits per heavy atom. The number of pyridine rings is 1. The van der Waals surface area contributed by atoms with Crippen LogP contribution in [0.1, 0.15) is 36.3 Å². The second-order valence-electron chi connectivity index (χ2n) is 8.40. The van der Waals surface area contributed by atoms with E-state index >= 15 is 0 Å². The Morgan fingerprint density at radius 2 is 1.82 bits per heavy atom. The second-order valence-corrected chi connectivity index (χ2v) is 8.77. The Bertz CT molecular complexity index is 1320. The summed E-state index contributed by atoms with van der Waals surface area (Å²) in [5.41, 5.74) is 2.16. The zero-order chi connectivity index (χ0) is 27.1. The molecule has 38 heavy (non-hydrogen) atoms. The second kappa shape index (κ2) is 12.3. The third kappa shape index (κ3) is 6.15. The van der Waals surface area contributed by atoms with Crippen molar-refractivity contribution >= 4 is 46.5 Å². The van der Waals surface area contributed by atoms with E-state index in [2.05, 4.69) is 10.3 Å². The molecule has 9 nitrogen and oxygen atoms in total. The van der Waals surface area contributed by atoms with Crippen LogP contribution in [-0.4, -0.2) is 52.0 Å². The molecule has 0 aliphatic carbocycles. The van der Waals surface area contributed by atoms with Crippen molar-refractivity contribution in [3.05, 3.63) is 84.2 Å². The number of carbonyl (C=O) groups is 3. The van der Waals surface area contributed by atoms with Crippen molar-refractivity contribution in [2.75, 3.05) is 23.4 Å². The van der Waals surface area contributed by atoms with Crippen molar-refractivity contribution < 1.29 is 23.9 Å². The topological polar surface area (TPSA) is 101 Å². The summed E-state index contributed by atoms with van der Waals surface area (Å²) in [4.78, 5) is 46.1. The molecular weight excluding hydrogens is 504 g/mol. The van der Waals surface area contributed by atoms with E-state index in [1.165, 1.54) is 4.90 Å². The number of benzene rings is 2. The summed E-state index contributed by atoms with van der Waals surface area (Å²) in [5, 5.41) is 3.08. The number of esters is 1. The first-order valence-electron chi connectivity index (χ1n) is 12.3. The molecule has 10 heteroatoms. The Hall–Kier alpha value is -4.31. The highest BCUT2D eigenvalue weighted by molar-refractivity contribution is 7.80. The number of carbonyl (C=O) groups excluding carboxylic acids is 3. The minimum absolute atomic E-state index is 0.132. The molecule has 4 rings (SSSR count). The Labute approximate surface area is 226 Å². The standard InChI is InChI=1S/C28H28N4O5S/c1-3-36-23-10-7-9-22(16-23)32-26(34)24(31(28(32)38)18-21-8-5-6-15-29-21)17-25(33)30-20-13-11-19(12-14-20)27(35)37-4-2/h5-16,24H,3-4,17-18H2,1-2H3,(H,30,33)/t24-/m0/s1. The molecule has 196 valence electrons. The predicted molar refractivity (Wildman–Crippen MR) is 147 cm³/mol. The van der Waals surface area contributed by atoms with Crippen LogP contribution in [0.25, 0.3) is 0 Å². The summed E-state index contributed by atoms with van der Waals surface area (Å²) in [6, 6.07) is 18.2. The van der Waals surface area contributed by atoms with Gasteiger partial charge in [0.05, 0.1) is 43.1 Å². The first-order chi connectivity index (χ1) is 18.4. The average molecular weight is 533 g/mol. The van der Waals surface area contributed by atoms with E-state index < -0.39 is 12.0 Å². The Balaban J connectivity index is 1.55. The van der Waals surface area contributed by atoms with Crippen molar-refractivity contribution in [3.63, 3.8) is 0 Å². The smallest absolute Gasteiger partial charge is 0.338 e. The summed E-state index contributed by atoms with van der Waals surface area (Å²) in [6.45, 7) is 4.63. The third-order valence-electron chi connectivity index (χ3n) is 5.82. The van der Waals surface area contributed by atoms with E-state index in [0.717, 1.165) is 0 Å². The van der Waals surface area contributed by atoms with Crippen LogP contribution in [0.4, 0.5) is 11.4 Å². The van der Waals surface area contributed by atoms with Gasteiger partial charge >= 0.3 is 5.97 Å². The summed E-state index contributed by atoms with van der Waals surface area (Å²) < 4.78 is 10.6. The van der Waals surface area contributed by atoms with Crippen molar-refractivity contribution in [1.82, 2.24) is 9.88 Å². The Morgan fingerprint density at radius 1 is 1.03 bits per heavy atom. The number of nitrogens with one attached hydrogen (secondary N) is 1. The number of thiocarbonyl (C=S) groups is 1. The zero-order valence-electron chi connectivity index (χ0n) is 21.1. The molecule has 1 saturated heterocycles. The molecule has 1 aliphatic heterocycles. The highest BCUT2D eigenvalue weighted by atomic mass is 32.1. The largest absolute Gasteiger partial charge is 0.494 e. The van der Waals surface area contributed by atoms with Crippen LogP contribution >= 0.6 is 12.2 Å². The minimum Gasteiger partial charge on any atom is -0.494 e. The fourth-order valence-corrected chi connectivity index (χ4v) is 4.48. The van der Waals surface area contributed by atoms with Gasteiger partial charge in [0.1, 0.15) is 11.8 Å². The maximum atomic E-state index is 13.7. The van der Waals surface area contributed by atoms with Crippen LogP contribution in [-0.2, 0) is 20.9 Å². The lowest BCUT2D eigenvalue weighted by Crippen LogP contribution is -2.37.